The molecule has 0 saturated heterocycles. The first-order valence-electron chi connectivity index (χ1n) is 4.59. The first-order valence-corrected chi connectivity index (χ1v) is 7.20. The summed E-state index contributed by atoms with van der Waals surface area (Å²) in [4.78, 5) is 4.00. The number of nitrogens with zero attached hydrogens (tertiary/aromatic N) is 2. The number of halogens is 2. The summed E-state index contributed by atoms with van der Waals surface area (Å²) in [5.41, 5.74) is 0.481. The Balaban J connectivity index is 2.71. The number of hydrogen-bond donors (Lipinski definition) is 0. The van der Waals surface area contributed by atoms with E-state index >= 15 is 0 Å². The van der Waals surface area contributed by atoms with Gasteiger partial charge in [-0.05, 0) is 12.1 Å². The summed E-state index contributed by atoms with van der Waals surface area (Å²) in [6.45, 7) is 0. The molecule has 4 nitrogen and oxygen atoms in total. The topological polar surface area (TPSA) is 52.0 Å². The molecule has 1 aromatic carbocycles. The fraction of sp³-hybridized carbons (Fsp3) is 0.100. The van der Waals surface area contributed by atoms with Crippen LogP contribution in [0.2, 0.25) is 10.0 Å². The summed E-state index contributed by atoms with van der Waals surface area (Å²) in [7, 11) is -3.42. The van der Waals surface area contributed by atoms with Crippen LogP contribution in [0.5, 0.6) is 0 Å². The van der Waals surface area contributed by atoms with E-state index in [0.717, 1.165) is 10.2 Å². The molecule has 17 heavy (non-hydrogen) atoms. The predicted molar refractivity (Wildman–Crippen MR) is 67.9 cm³/mol. The van der Waals surface area contributed by atoms with E-state index in [1.54, 1.807) is 18.2 Å². The summed E-state index contributed by atoms with van der Waals surface area (Å²) >= 11 is 11.9. The zero-order chi connectivity index (χ0) is 12.6. The molecule has 0 unspecified atom stereocenters. The van der Waals surface area contributed by atoms with Crippen molar-refractivity contribution in [1.82, 2.24) is 8.96 Å². The number of benzene rings is 1. The minimum absolute atomic E-state index is 0.250. The average molecular weight is 291 g/mol. The molecule has 0 aliphatic heterocycles. The summed E-state index contributed by atoms with van der Waals surface area (Å²) in [6, 6.07) is 4.98. The maximum atomic E-state index is 11.5. The zero-order valence-corrected chi connectivity index (χ0v) is 11.1. The van der Waals surface area contributed by atoms with Crippen molar-refractivity contribution in [2.45, 2.75) is 0 Å². The largest absolute Gasteiger partial charge is 0.237 e. The smallest absolute Gasteiger partial charge is 0.236 e. The molecule has 1 aromatic heterocycles. The van der Waals surface area contributed by atoms with Crippen LogP contribution in [0.1, 0.15) is 0 Å². The van der Waals surface area contributed by atoms with Crippen LogP contribution in [0.25, 0.3) is 11.4 Å². The van der Waals surface area contributed by atoms with E-state index in [-0.39, 0.29) is 10.8 Å². The minimum Gasteiger partial charge on any atom is -0.236 e. The van der Waals surface area contributed by atoms with Crippen LogP contribution >= 0.6 is 23.2 Å². The van der Waals surface area contributed by atoms with E-state index in [1.807, 2.05) is 0 Å². The number of rotatable bonds is 2. The van der Waals surface area contributed by atoms with Crippen LogP contribution < -0.4 is 0 Å². The molecule has 0 radical (unpaired) electrons. The maximum Gasteiger partial charge on any atom is 0.237 e. The van der Waals surface area contributed by atoms with Gasteiger partial charge < -0.3 is 0 Å². The Hall–Kier alpha value is -1.04. The van der Waals surface area contributed by atoms with E-state index in [2.05, 4.69) is 4.98 Å². The van der Waals surface area contributed by atoms with Crippen LogP contribution in [0.15, 0.2) is 30.6 Å². The highest BCUT2D eigenvalue weighted by atomic mass is 35.5. The van der Waals surface area contributed by atoms with Gasteiger partial charge in [0.2, 0.25) is 10.0 Å². The molecule has 0 bridgehead atoms. The van der Waals surface area contributed by atoms with E-state index in [4.69, 9.17) is 23.2 Å². The summed E-state index contributed by atoms with van der Waals surface area (Å²) < 4.78 is 24.1. The van der Waals surface area contributed by atoms with Gasteiger partial charge in [0.05, 0.1) is 16.3 Å². The lowest BCUT2D eigenvalue weighted by Gasteiger charge is -2.07. The quantitative estimate of drug-likeness (QED) is 0.854. The van der Waals surface area contributed by atoms with Gasteiger partial charge in [0.15, 0.2) is 5.82 Å². The second-order valence-corrected chi connectivity index (χ2v) is 6.06. The monoisotopic (exact) mass is 290 g/mol. The van der Waals surface area contributed by atoms with Crippen LogP contribution in [-0.2, 0) is 10.0 Å². The highest BCUT2D eigenvalue weighted by Gasteiger charge is 2.16. The van der Waals surface area contributed by atoms with Gasteiger partial charge in [0, 0.05) is 18.0 Å². The van der Waals surface area contributed by atoms with E-state index in [0.29, 0.717) is 10.6 Å². The molecule has 0 aliphatic rings. The summed E-state index contributed by atoms with van der Waals surface area (Å²) in [6.07, 6.45) is 3.85. The third-order valence-electron chi connectivity index (χ3n) is 2.16. The average Bonchev–Trinajstić information content (AvgIpc) is 2.70. The van der Waals surface area contributed by atoms with Crippen LogP contribution in [0, 0.1) is 0 Å². The molecule has 2 rings (SSSR count). The first kappa shape index (κ1) is 12.4. The van der Waals surface area contributed by atoms with Crippen molar-refractivity contribution in [3.05, 3.63) is 40.6 Å². The molecular weight excluding hydrogens is 283 g/mol. The summed E-state index contributed by atoms with van der Waals surface area (Å²) in [5.74, 6) is 0.250. The van der Waals surface area contributed by atoms with Gasteiger partial charge in [0.25, 0.3) is 0 Å². The van der Waals surface area contributed by atoms with Crippen molar-refractivity contribution < 1.29 is 8.42 Å². The Morgan fingerprint density at radius 2 is 2.00 bits per heavy atom. The maximum absolute atomic E-state index is 11.5. The number of imidazole rings is 1. The number of hydrogen-bond acceptors (Lipinski definition) is 3. The molecule has 1 heterocycles. The Kier molecular flexibility index (Phi) is 3.16. The first-order chi connectivity index (χ1) is 7.91. The van der Waals surface area contributed by atoms with Gasteiger partial charge in [-0.25, -0.2) is 17.4 Å². The summed E-state index contributed by atoms with van der Waals surface area (Å²) in [5, 5.41) is 0.637. The predicted octanol–water partition coefficient (Wildman–Crippen LogP) is 2.66. The van der Waals surface area contributed by atoms with Crippen molar-refractivity contribution in [2.24, 2.45) is 0 Å². The van der Waals surface area contributed by atoms with E-state index in [9.17, 15) is 8.42 Å². The van der Waals surface area contributed by atoms with E-state index in [1.165, 1.54) is 12.4 Å². The fourth-order valence-electron chi connectivity index (χ4n) is 1.42. The highest BCUT2D eigenvalue weighted by molar-refractivity contribution is 7.89. The molecule has 90 valence electrons. The lowest BCUT2D eigenvalue weighted by molar-refractivity contribution is 0.594. The molecule has 0 amide bonds. The molecule has 2 aromatic rings. The normalized spacial score (nSPS) is 11.7. The van der Waals surface area contributed by atoms with Gasteiger partial charge in [-0.2, -0.15) is 0 Å². The molecule has 0 fully saturated rings. The van der Waals surface area contributed by atoms with Crippen LogP contribution in [0.4, 0.5) is 0 Å². The van der Waals surface area contributed by atoms with E-state index < -0.39 is 10.0 Å². The Labute approximate surface area is 109 Å². The molecule has 0 spiro atoms. The van der Waals surface area contributed by atoms with Crippen molar-refractivity contribution in [2.75, 3.05) is 6.26 Å². The fourth-order valence-corrected chi connectivity index (χ4v) is 2.54. The minimum atomic E-state index is -3.42. The molecule has 0 aliphatic carbocycles. The molecular formula is C10H8Cl2N2O2S. The lowest BCUT2D eigenvalue weighted by atomic mass is 10.2. The molecule has 0 N–H and O–H groups in total. The number of aromatic nitrogens is 2. The Morgan fingerprint density at radius 1 is 1.29 bits per heavy atom. The second-order valence-electron chi connectivity index (χ2n) is 3.41. The van der Waals surface area contributed by atoms with Gasteiger partial charge in [-0.3, -0.25) is 0 Å². The lowest BCUT2D eigenvalue weighted by Crippen LogP contribution is -2.10. The van der Waals surface area contributed by atoms with Crippen molar-refractivity contribution in [3.63, 3.8) is 0 Å². The Morgan fingerprint density at radius 3 is 2.65 bits per heavy atom. The second kappa shape index (κ2) is 4.33. The van der Waals surface area contributed by atoms with Gasteiger partial charge >= 0.3 is 0 Å². The van der Waals surface area contributed by atoms with Crippen LogP contribution in [-0.4, -0.2) is 23.6 Å². The molecule has 0 saturated carbocycles. The van der Waals surface area contributed by atoms with Crippen molar-refractivity contribution in [3.8, 4) is 11.4 Å². The van der Waals surface area contributed by atoms with Crippen molar-refractivity contribution >= 4 is 33.2 Å². The third-order valence-corrected chi connectivity index (χ3v) is 3.99. The third kappa shape index (κ3) is 2.31. The van der Waals surface area contributed by atoms with Gasteiger partial charge in [-0.15, -0.1) is 0 Å². The van der Waals surface area contributed by atoms with Gasteiger partial charge in [0.1, 0.15) is 0 Å². The SMILES string of the molecule is CS(=O)(=O)n1ccnc1-c1cccc(Cl)c1Cl. The van der Waals surface area contributed by atoms with Crippen LogP contribution in [0.3, 0.4) is 0 Å². The Bertz CT molecular complexity index is 665. The van der Waals surface area contributed by atoms with Crippen molar-refractivity contribution in [1.29, 1.82) is 0 Å². The highest BCUT2D eigenvalue weighted by Crippen LogP contribution is 2.32. The van der Waals surface area contributed by atoms with Gasteiger partial charge in [-0.1, -0.05) is 29.3 Å². The zero-order valence-electron chi connectivity index (χ0n) is 8.76. The molecule has 7 heteroatoms. The standard InChI is InChI=1S/C10H8Cl2N2O2S/c1-17(15,16)14-6-5-13-10(14)7-3-2-4-8(11)9(7)12/h2-6H,1H3. The molecule has 0 atom stereocenters.